The van der Waals surface area contributed by atoms with Gasteiger partial charge in [0, 0.05) is 29.8 Å². The van der Waals surface area contributed by atoms with Gasteiger partial charge in [-0.25, -0.2) is 0 Å². The van der Waals surface area contributed by atoms with Crippen LogP contribution in [0.3, 0.4) is 0 Å². The zero-order chi connectivity index (χ0) is 9.54. The lowest BCUT2D eigenvalue weighted by molar-refractivity contribution is 0.749. The summed E-state index contributed by atoms with van der Waals surface area (Å²) in [5, 5.41) is 4.18. The highest BCUT2D eigenvalue weighted by atomic mass is 32.2. The molecule has 1 aromatic rings. The van der Waals surface area contributed by atoms with Crippen LogP contribution < -0.4 is 10.2 Å². The van der Waals surface area contributed by atoms with Crippen LogP contribution in [0.2, 0.25) is 0 Å². The summed E-state index contributed by atoms with van der Waals surface area (Å²) in [5.41, 5.74) is 2.75. The molecule has 0 saturated carbocycles. The molecule has 0 amide bonds. The molecule has 2 aliphatic rings. The van der Waals surface area contributed by atoms with Crippen molar-refractivity contribution in [3.8, 4) is 0 Å². The molecule has 14 heavy (non-hydrogen) atoms. The van der Waals surface area contributed by atoms with E-state index in [0.717, 1.165) is 18.3 Å². The van der Waals surface area contributed by atoms with Gasteiger partial charge in [0.1, 0.15) is 0 Å². The summed E-state index contributed by atoms with van der Waals surface area (Å²) >= 11 is 2.00. The zero-order valence-electron chi connectivity index (χ0n) is 8.29. The first-order valence-corrected chi connectivity index (χ1v) is 6.01. The van der Waals surface area contributed by atoms with Gasteiger partial charge in [-0.1, -0.05) is 13.0 Å². The summed E-state index contributed by atoms with van der Waals surface area (Å²) in [7, 11) is 0. The second kappa shape index (κ2) is 3.09. The predicted octanol–water partition coefficient (Wildman–Crippen LogP) is 2.41. The molecule has 3 heteroatoms. The van der Waals surface area contributed by atoms with Gasteiger partial charge in [0.05, 0.1) is 11.4 Å². The molecule has 1 aromatic carbocycles. The molecule has 0 aliphatic carbocycles. The first-order chi connectivity index (χ1) is 6.84. The number of thioether (sulfide) groups is 1. The van der Waals surface area contributed by atoms with E-state index in [1.165, 1.54) is 22.8 Å². The lowest BCUT2D eigenvalue weighted by Crippen LogP contribution is -2.40. The molecule has 2 heterocycles. The number of para-hydroxylation sites is 1. The van der Waals surface area contributed by atoms with Gasteiger partial charge >= 0.3 is 0 Å². The number of nitrogens with zero attached hydrogens (tertiary/aromatic N) is 1. The molecule has 1 atom stereocenters. The molecule has 0 spiro atoms. The first kappa shape index (κ1) is 8.48. The lowest BCUT2D eigenvalue weighted by atomic mass is 10.2. The van der Waals surface area contributed by atoms with E-state index in [-0.39, 0.29) is 0 Å². The third-order valence-electron chi connectivity index (χ3n) is 2.82. The Morgan fingerprint density at radius 3 is 3.36 bits per heavy atom. The van der Waals surface area contributed by atoms with Crippen LogP contribution in [-0.2, 0) is 0 Å². The maximum atomic E-state index is 3.46. The van der Waals surface area contributed by atoms with Crippen LogP contribution in [0.15, 0.2) is 23.1 Å². The van der Waals surface area contributed by atoms with Gasteiger partial charge in [-0.3, -0.25) is 0 Å². The molecule has 1 unspecified atom stereocenters. The molecule has 74 valence electrons. The minimum atomic E-state index is 0.718. The highest BCUT2D eigenvalue weighted by Gasteiger charge is 2.26. The van der Waals surface area contributed by atoms with Crippen LogP contribution in [0.25, 0.3) is 0 Å². The normalized spacial score (nSPS) is 24.1. The number of nitrogens with one attached hydrogen (secondary N) is 1. The maximum Gasteiger partial charge on any atom is 0.0741 e. The summed E-state index contributed by atoms with van der Waals surface area (Å²) in [5.74, 6) is 0. The molecule has 0 radical (unpaired) electrons. The highest BCUT2D eigenvalue weighted by molar-refractivity contribution is 8.00. The number of anilines is 2. The van der Waals surface area contributed by atoms with Gasteiger partial charge in [0.2, 0.25) is 0 Å². The van der Waals surface area contributed by atoms with Crippen LogP contribution in [0.5, 0.6) is 0 Å². The molecular formula is C11H14N2S. The second-order valence-electron chi connectivity index (χ2n) is 3.95. The molecule has 0 aromatic heterocycles. The maximum absolute atomic E-state index is 3.46. The molecule has 0 fully saturated rings. The van der Waals surface area contributed by atoms with E-state index in [1.807, 2.05) is 11.8 Å². The Kier molecular flexibility index (Phi) is 1.87. The van der Waals surface area contributed by atoms with Gasteiger partial charge in [-0.15, -0.1) is 11.8 Å². The van der Waals surface area contributed by atoms with Crippen LogP contribution in [0, 0.1) is 0 Å². The molecular weight excluding hydrogens is 192 g/mol. The summed E-state index contributed by atoms with van der Waals surface area (Å²) in [6.45, 7) is 5.72. The monoisotopic (exact) mass is 206 g/mol. The summed E-state index contributed by atoms with van der Waals surface area (Å²) < 4.78 is 0. The fraction of sp³-hybridized carbons (Fsp3) is 0.455. The molecule has 1 N–H and O–H groups in total. The largest absolute Gasteiger partial charge is 0.382 e. The van der Waals surface area contributed by atoms with Crippen molar-refractivity contribution < 1.29 is 0 Å². The smallest absolute Gasteiger partial charge is 0.0741 e. The summed E-state index contributed by atoms with van der Waals surface area (Å²) in [6, 6.07) is 6.57. The number of hydrogen-bond acceptors (Lipinski definition) is 3. The van der Waals surface area contributed by atoms with Gasteiger partial charge in [-0.05, 0) is 12.1 Å². The van der Waals surface area contributed by atoms with Crippen molar-refractivity contribution in [2.75, 3.05) is 29.9 Å². The Morgan fingerprint density at radius 1 is 1.50 bits per heavy atom. The fourth-order valence-electron chi connectivity index (χ4n) is 2.27. The SMILES string of the molecule is CC1CN2CCNc3cccc(c32)S1. The molecule has 0 saturated heterocycles. The Morgan fingerprint density at radius 2 is 2.43 bits per heavy atom. The van der Waals surface area contributed by atoms with Crippen LogP contribution in [-0.4, -0.2) is 24.9 Å². The summed E-state index contributed by atoms with van der Waals surface area (Å²) in [4.78, 5) is 3.95. The Labute approximate surface area is 88.7 Å². The topological polar surface area (TPSA) is 15.3 Å². The van der Waals surface area contributed by atoms with E-state index in [4.69, 9.17) is 0 Å². The predicted molar refractivity (Wildman–Crippen MR) is 62.5 cm³/mol. The van der Waals surface area contributed by atoms with E-state index in [1.54, 1.807) is 0 Å². The fourth-order valence-corrected chi connectivity index (χ4v) is 3.47. The quantitative estimate of drug-likeness (QED) is 0.702. The molecule has 0 bridgehead atoms. The van der Waals surface area contributed by atoms with Crippen molar-refractivity contribution in [3.05, 3.63) is 18.2 Å². The van der Waals surface area contributed by atoms with E-state index < -0.39 is 0 Å². The average molecular weight is 206 g/mol. The first-order valence-electron chi connectivity index (χ1n) is 5.13. The van der Waals surface area contributed by atoms with E-state index in [9.17, 15) is 0 Å². The minimum Gasteiger partial charge on any atom is -0.382 e. The van der Waals surface area contributed by atoms with E-state index in [2.05, 4.69) is 35.3 Å². The zero-order valence-corrected chi connectivity index (χ0v) is 9.10. The van der Waals surface area contributed by atoms with Crippen molar-refractivity contribution in [2.45, 2.75) is 17.1 Å². The van der Waals surface area contributed by atoms with Crippen LogP contribution >= 0.6 is 11.8 Å². The van der Waals surface area contributed by atoms with Crippen LogP contribution in [0.1, 0.15) is 6.92 Å². The second-order valence-corrected chi connectivity index (χ2v) is 5.43. The van der Waals surface area contributed by atoms with Crippen molar-refractivity contribution in [1.82, 2.24) is 0 Å². The van der Waals surface area contributed by atoms with Crippen molar-refractivity contribution in [2.24, 2.45) is 0 Å². The summed E-state index contributed by atoms with van der Waals surface area (Å²) in [6.07, 6.45) is 0. The molecule has 3 rings (SSSR count). The lowest BCUT2D eigenvalue weighted by Gasteiger charge is -2.39. The average Bonchev–Trinajstić information content (AvgIpc) is 2.18. The Hall–Kier alpha value is -0.830. The van der Waals surface area contributed by atoms with Gasteiger partial charge in [0.25, 0.3) is 0 Å². The Balaban J connectivity index is 2.14. The third-order valence-corrected chi connectivity index (χ3v) is 3.95. The van der Waals surface area contributed by atoms with E-state index in [0.29, 0.717) is 0 Å². The van der Waals surface area contributed by atoms with Gasteiger partial charge in [0.15, 0.2) is 0 Å². The van der Waals surface area contributed by atoms with Crippen molar-refractivity contribution in [3.63, 3.8) is 0 Å². The number of rotatable bonds is 0. The Bertz CT molecular complexity index is 364. The van der Waals surface area contributed by atoms with Crippen molar-refractivity contribution >= 4 is 23.1 Å². The van der Waals surface area contributed by atoms with Crippen LogP contribution in [0.4, 0.5) is 11.4 Å². The standard InChI is InChI=1S/C11H14N2S/c1-8-7-13-6-5-12-9-3-2-4-10(14-8)11(9)13/h2-4,8,12H,5-7H2,1H3. The number of hydrogen-bond donors (Lipinski definition) is 1. The van der Waals surface area contributed by atoms with Crippen molar-refractivity contribution in [1.29, 1.82) is 0 Å². The minimum absolute atomic E-state index is 0.718. The van der Waals surface area contributed by atoms with Gasteiger partial charge < -0.3 is 10.2 Å². The highest BCUT2D eigenvalue weighted by Crippen LogP contribution is 2.43. The molecule has 2 nitrogen and oxygen atoms in total. The van der Waals surface area contributed by atoms with E-state index >= 15 is 0 Å². The van der Waals surface area contributed by atoms with Gasteiger partial charge in [-0.2, -0.15) is 0 Å². The number of benzene rings is 1. The molecule has 2 aliphatic heterocycles. The third kappa shape index (κ3) is 1.19.